The number of aryl methyl sites for hydroxylation is 2. The molecule has 0 spiro atoms. The number of methoxy groups -OCH3 is 1. The fraction of sp³-hybridized carbons (Fsp3) is 0.440. The van der Waals surface area contributed by atoms with Gasteiger partial charge < -0.3 is 10.1 Å². The number of nitrogens with one attached hydrogen (secondary N) is 1. The molecule has 0 radical (unpaired) electrons. The van der Waals surface area contributed by atoms with E-state index in [1.807, 2.05) is 6.92 Å². The average Bonchev–Trinajstić information content (AvgIpc) is 3.29. The molecular formula is C25H30F3N5O. The molecule has 1 saturated heterocycles. The van der Waals surface area contributed by atoms with Gasteiger partial charge in [-0.1, -0.05) is 0 Å². The van der Waals surface area contributed by atoms with Gasteiger partial charge in [-0.3, -0.25) is 4.90 Å². The molecule has 34 heavy (non-hydrogen) atoms. The number of halogens is 3. The normalized spacial score (nSPS) is 19.9. The predicted octanol–water partition coefficient (Wildman–Crippen LogP) is 4.69. The number of benzene rings is 1. The van der Waals surface area contributed by atoms with Crippen molar-refractivity contribution in [3.05, 3.63) is 59.7 Å². The summed E-state index contributed by atoms with van der Waals surface area (Å²) in [5.74, 6) is -0.926. The Labute approximate surface area is 197 Å². The third-order valence-corrected chi connectivity index (χ3v) is 6.35. The molecule has 0 amide bonds. The van der Waals surface area contributed by atoms with Gasteiger partial charge in [-0.2, -0.15) is 9.49 Å². The average molecular weight is 474 g/mol. The standard InChI is InChI=1S/C25H30F3N5O/c1-15-8-24(16(2)7-21(15)26)33-13-18(10-30-33)20-9-19(11-29-25(20)28)31-23-5-6-32(14-22(23)27)12-17(3)34-4/h7-11,13,17,22-23,31H,5-6,12,14H2,1-4H3. The number of hydrogen-bond acceptors (Lipinski definition) is 5. The predicted molar refractivity (Wildman–Crippen MR) is 126 cm³/mol. The maximum absolute atomic E-state index is 14.9. The summed E-state index contributed by atoms with van der Waals surface area (Å²) in [5, 5.41) is 7.52. The Morgan fingerprint density at radius 2 is 1.97 bits per heavy atom. The van der Waals surface area contributed by atoms with Crippen molar-refractivity contribution < 1.29 is 17.9 Å². The Morgan fingerprint density at radius 3 is 2.71 bits per heavy atom. The summed E-state index contributed by atoms with van der Waals surface area (Å²) < 4.78 is 50.2. The van der Waals surface area contributed by atoms with Crippen LogP contribution >= 0.6 is 0 Å². The van der Waals surface area contributed by atoms with Gasteiger partial charge in [-0.05, 0) is 56.5 Å². The number of hydrogen-bond donors (Lipinski definition) is 1. The summed E-state index contributed by atoms with van der Waals surface area (Å²) >= 11 is 0. The largest absolute Gasteiger partial charge is 0.380 e. The second-order valence-electron chi connectivity index (χ2n) is 8.99. The molecule has 6 nitrogen and oxygen atoms in total. The Balaban J connectivity index is 1.50. The van der Waals surface area contributed by atoms with Crippen LogP contribution in [-0.4, -0.2) is 64.7 Å². The number of piperidine rings is 1. The summed E-state index contributed by atoms with van der Waals surface area (Å²) in [6.07, 6.45) is 4.18. The quantitative estimate of drug-likeness (QED) is 0.505. The van der Waals surface area contributed by atoms with Gasteiger partial charge in [0.05, 0.1) is 35.9 Å². The Kier molecular flexibility index (Phi) is 7.23. The maximum Gasteiger partial charge on any atom is 0.220 e. The summed E-state index contributed by atoms with van der Waals surface area (Å²) in [6.45, 7) is 7.18. The minimum atomic E-state index is -1.07. The van der Waals surface area contributed by atoms with E-state index in [1.54, 1.807) is 44.0 Å². The summed E-state index contributed by atoms with van der Waals surface area (Å²) in [5.41, 5.74) is 3.25. The lowest BCUT2D eigenvalue weighted by Crippen LogP contribution is -2.49. The molecule has 1 fully saturated rings. The first-order valence-corrected chi connectivity index (χ1v) is 11.4. The number of alkyl halides is 1. The van der Waals surface area contributed by atoms with Crippen LogP contribution in [0.1, 0.15) is 24.5 Å². The molecule has 1 N–H and O–H groups in total. The van der Waals surface area contributed by atoms with Gasteiger partial charge in [0.1, 0.15) is 12.0 Å². The Hall–Kier alpha value is -2.91. The van der Waals surface area contributed by atoms with Crippen LogP contribution in [0.15, 0.2) is 36.8 Å². The van der Waals surface area contributed by atoms with E-state index in [1.165, 1.54) is 18.5 Å². The van der Waals surface area contributed by atoms with Gasteiger partial charge in [-0.25, -0.2) is 18.4 Å². The molecule has 3 heterocycles. The smallest absolute Gasteiger partial charge is 0.220 e. The molecule has 3 atom stereocenters. The van der Waals surface area contributed by atoms with Crippen molar-refractivity contribution in [2.75, 3.05) is 32.1 Å². The maximum atomic E-state index is 14.9. The molecule has 0 aliphatic carbocycles. The minimum Gasteiger partial charge on any atom is -0.380 e. The number of rotatable bonds is 7. The molecule has 1 aromatic carbocycles. The zero-order valence-corrected chi connectivity index (χ0v) is 19.9. The van der Waals surface area contributed by atoms with E-state index in [4.69, 9.17) is 4.74 Å². The van der Waals surface area contributed by atoms with E-state index in [0.29, 0.717) is 47.6 Å². The first-order valence-electron chi connectivity index (χ1n) is 11.4. The van der Waals surface area contributed by atoms with Crippen molar-refractivity contribution in [2.45, 2.75) is 45.5 Å². The molecule has 3 unspecified atom stereocenters. The zero-order chi connectivity index (χ0) is 24.4. The monoisotopic (exact) mass is 473 g/mol. The van der Waals surface area contributed by atoms with Crippen LogP contribution in [0, 0.1) is 25.6 Å². The second-order valence-corrected chi connectivity index (χ2v) is 8.99. The molecule has 0 saturated carbocycles. The molecule has 0 bridgehead atoms. The molecule has 1 aliphatic rings. The van der Waals surface area contributed by atoms with Gasteiger partial charge in [0.2, 0.25) is 5.95 Å². The van der Waals surface area contributed by atoms with Gasteiger partial charge in [0.25, 0.3) is 0 Å². The van der Waals surface area contributed by atoms with Crippen molar-refractivity contribution in [3.63, 3.8) is 0 Å². The minimum absolute atomic E-state index is 0.0455. The highest BCUT2D eigenvalue weighted by Crippen LogP contribution is 2.28. The molecular weight excluding hydrogens is 443 g/mol. The summed E-state index contributed by atoms with van der Waals surface area (Å²) in [4.78, 5) is 5.93. The summed E-state index contributed by atoms with van der Waals surface area (Å²) in [6, 6.07) is 4.39. The number of ether oxygens (including phenoxy) is 1. The van der Waals surface area contributed by atoms with Gasteiger partial charge in [0.15, 0.2) is 0 Å². The highest BCUT2D eigenvalue weighted by atomic mass is 19.1. The van der Waals surface area contributed by atoms with Crippen molar-refractivity contribution in [1.82, 2.24) is 19.7 Å². The van der Waals surface area contributed by atoms with E-state index >= 15 is 0 Å². The second kappa shape index (κ2) is 10.1. The Bertz CT molecular complexity index is 1150. The van der Waals surface area contributed by atoms with Crippen molar-refractivity contribution in [3.8, 4) is 16.8 Å². The number of pyridine rings is 1. The first kappa shape index (κ1) is 24.2. The molecule has 3 aromatic rings. The van der Waals surface area contributed by atoms with Gasteiger partial charge >= 0.3 is 0 Å². The number of aromatic nitrogens is 3. The van der Waals surface area contributed by atoms with E-state index in [-0.39, 0.29) is 23.5 Å². The van der Waals surface area contributed by atoms with Gasteiger partial charge in [0, 0.05) is 44.1 Å². The Morgan fingerprint density at radius 1 is 1.18 bits per heavy atom. The number of nitrogens with zero attached hydrogens (tertiary/aromatic N) is 4. The van der Waals surface area contributed by atoms with E-state index in [2.05, 4.69) is 20.3 Å². The first-order chi connectivity index (χ1) is 16.2. The van der Waals surface area contributed by atoms with Crippen LogP contribution in [0.3, 0.4) is 0 Å². The van der Waals surface area contributed by atoms with Crippen LogP contribution in [0.4, 0.5) is 18.9 Å². The lowest BCUT2D eigenvalue weighted by atomic mass is 10.0. The number of likely N-dealkylation sites (tertiary alicyclic amines) is 1. The fourth-order valence-corrected chi connectivity index (χ4v) is 4.28. The fourth-order valence-electron chi connectivity index (χ4n) is 4.28. The SMILES string of the molecule is COC(C)CN1CCC(Nc2cnc(F)c(-c3cnn(-c4cc(C)c(F)cc4C)c3)c2)C(F)C1. The highest BCUT2D eigenvalue weighted by Gasteiger charge is 2.30. The zero-order valence-electron chi connectivity index (χ0n) is 19.9. The van der Waals surface area contributed by atoms with Crippen LogP contribution < -0.4 is 5.32 Å². The van der Waals surface area contributed by atoms with E-state index in [0.717, 1.165) is 6.54 Å². The molecule has 4 rings (SSSR count). The lowest BCUT2D eigenvalue weighted by molar-refractivity contribution is 0.0490. The molecule has 1 aliphatic heterocycles. The van der Waals surface area contributed by atoms with Crippen LogP contribution in [0.2, 0.25) is 0 Å². The molecule has 9 heteroatoms. The topological polar surface area (TPSA) is 55.2 Å². The number of anilines is 1. The summed E-state index contributed by atoms with van der Waals surface area (Å²) in [7, 11) is 1.65. The van der Waals surface area contributed by atoms with Crippen molar-refractivity contribution in [2.24, 2.45) is 0 Å². The van der Waals surface area contributed by atoms with Crippen LogP contribution in [-0.2, 0) is 4.74 Å². The van der Waals surface area contributed by atoms with E-state index < -0.39 is 12.1 Å². The van der Waals surface area contributed by atoms with Crippen LogP contribution in [0.5, 0.6) is 0 Å². The lowest BCUT2D eigenvalue weighted by Gasteiger charge is -2.36. The third-order valence-electron chi connectivity index (χ3n) is 6.35. The molecule has 2 aromatic heterocycles. The highest BCUT2D eigenvalue weighted by molar-refractivity contribution is 5.67. The van der Waals surface area contributed by atoms with Crippen molar-refractivity contribution >= 4 is 5.69 Å². The van der Waals surface area contributed by atoms with E-state index in [9.17, 15) is 13.2 Å². The van der Waals surface area contributed by atoms with Gasteiger partial charge in [-0.15, -0.1) is 0 Å². The third kappa shape index (κ3) is 5.26. The molecule has 182 valence electrons. The van der Waals surface area contributed by atoms with Crippen molar-refractivity contribution in [1.29, 1.82) is 0 Å². The van der Waals surface area contributed by atoms with Crippen LogP contribution in [0.25, 0.3) is 16.8 Å².